The zero-order chi connectivity index (χ0) is 37.6. The molecule has 1 aliphatic heterocycles. The predicted octanol–water partition coefficient (Wildman–Crippen LogP) is 4.68. The zero-order valence-corrected chi connectivity index (χ0v) is 31.5. The van der Waals surface area contributed by atoms with E-state index in [1.54, 1.807) is 0 Å². The van der Waals surface area contributed by atoms with Crippen LogP contribution in [0.4, 0.5) is 0 Å². The van der Waals surface area contributed by atoms with Crippen LogP contribution in [0.5, 0.6) is 0 Å². The van der Waals surface area contributed by atoms with Gasteiger partial charge in [0.15, 0.2) is 11.6 Å². The second kappa shape index (κ2) is 20.1. The van der Waals surface area contributed by atoms with Crippen molar-refractivity contribution in [1.82, 2.24) is 25.0 Å². The Kier molecular flexibility index (Phi) is 15.7. The minimum absolute atomic E-state index is 0.0180. The summed E-state index contributed by atoms with van der Waals surface area (Å²) in [5.74, 6) is -0.0879. The van der Waals surface area contributed by atoms with Crippen LogP contribution in [0.15, 0.2) is 60.7 Å². The average molecular weight is 714 g/mol. The zero-order valence-electron chi connectivity index (χ0n) is 31.5. The number of amides is 2. The molecule has 4 atom stereocenters. The number of hydrogen-bond donors (Lipinski definition) is 3. The Balaban J connectivity index is 1.46. The van der Waals surface area contributed by atoms with Gasteiger partial charge in [-0.2, -0.15) is 0 Å². The van der Waals surface area contributed by atoms with E-state index in [-0.39, 0.29) is 48.2 Å². The van der Waals surface area contributed by atoms with Gasteiger partial charge in [0, 0.05) is 43.8 Å². The smallest absolute Gasteiger partial charge is 0.226 e. The third-order valence-electron chi connectivity index (χ3n) is 10.2. The molecule has 1 aliphatic rings. The van der Waals surface area contributed by atoms with Gasteiger partial charge in [0.1, 0.15) is 11.6 Å². The van der Waals surface area contributed by atoms with Crippen LogP contribution in [0.2, 0.25) is 0 Å². The molecule has 0 aliphatic carbocycles. The lowest BCUT2D eigenvalue weighted by molar-refractivity contribution is -0.140. The van der Waals surface area contributed by atoms with E-state index < -0.39 is 23.9 Å². The van der Waals surface area contributed by atoms with Gasteiger partial charge in [-0.3, -0.25) is 19.2 Å². The number of rotatable bonds is 20. The molecule has 0 saturated carbocycles. The molecule has 11 nitrogen and oxygen atoms in total. The summed E-state index contributed by atoms with van der Waals surface area (Å²) in [4.78, 5) is 57.5. The molecule has 1 saturated heterocycles. The highest BCUT2D eigenvalue weighted by atomic mass is 16.2. The van der Waals surface area contributed by atoms with Crippen molar-refractivity contribution in [1.29, 1.82) is 0 Å². The van der Waals surface area contributed by atoms with Crippen LogP contribution in [0, 0.1) is 31.6 Å². The van der Waals surface area contributed by atoms with Crippen LogP contribution >= 0.6 is 0 Å². The van der Waals surface area contributed by atoms with Gasteiger partial charge in [-0.05, 0) is 82.4 Å². The first kappa shape index (κ1) is 40.5. The second-order valence-electron chi connectivity index (χ2n) is 14.9. The van der Waals surface area contributed by atoms with Crippen molar-refractivity contribution in [3.05, 3.63) is 83.4 Å². The molecule has 0 bridgehead atoms. The summed E-state index contributed by atoms with van der Waals surface area (Å²) in [6.45, 7) is 9.62. The van der Waals surface area contributed by atoms with Gasteiger partial charge in [0.25, 0.3) is 0 Å². The first-order valence-electron chi connectivity index (χ1n) is 19.0. The van der Waals surface area contributed by atoms with Crippen LogP contribution in [-0.2, 0) is 32.0 Å². The Morgan fingerprint density at radius 3 is 1.92 bits per heavy atom. The van der Waals surface area contributed by atoms with Crippen LogP contribution in [0.3, 0.4) is 0 Å². The molecule has 2 amide bonds. The number of carbonyl (C=O) groups is 4. The maximum atomic E-state index is 14.1. The second-order valence-corrected chi connectivity index (χ2v) is 14.9. The highest BCUT2D eigenvalue weighted by molar-refractivity contribution is 5.94. The van der Waals surface area contributed by atoms with Gasteiger partial charge < -0.3 is 26.3 Å². The number of nitrogens with zero attached hydrogens (tertiary/aromatic N) is 4. The fourth-order valence-electron chi connectivity index (χ4n) is 7.40. The maximum Gasteiger partial charge on any atom is 0.226 e. The van der Waals surface area contributed by atoms with Crippen LogP contribution in [-0.4, -0.2) is 74.8 Å². The number of Topliss-reactive ketones (excluding diaryl/α,β-unsaturated/α-hetero) is 2. The number of likely N-dealkylation sites (tertiary alicyclic amines) is 1. The SMILES string of the molecule is Cc1nnc(C)n1C1CCN(C(=O)[C@@H](CCCCN)CC(=O)[C@@H](CC(C)C)NC(=O)[C@H](CC(=O)C(N)Cc2ccccc2)Cc2ccccc2)CC1. The monoisotopic (exact) mass is 713 g/mol. The summed E-state index contributed by atoms with van der Waals surface area (Å²) in [5, 5.41) is 11.5. The highest BCUT2D eigenvalue weighted by Crippen LogP contribution is 2.28. The molecule has 2 heterocycles. The molecular weight excluding hydrogens is 654 g/mol. The van der Waals surface area contributed by atoms with Gasteiger partial charge in [-0.1, -0.05) is 80.9 Å². The molecule has 282 valence electrons. The Bertz CT molecular complexity index is 1570. The van der Waals surface area contributed by atoms with Gasteiger partial charge in [0.2, 0.25) is 11.8 Å². The number of carbonyl (C=O) groups excluding carboxylic acids is 4. The van der Waals surface area contributed by atoms with Crippen molar-refractivity contribution in [3.8, 4) is 0 Å². The van der Waals surface area contributed by atoms with E-state index in [0.29, 0.717) is 45.3 Å². The van der Waals surface area contributed by atoms with E-state index in [1.807, 2.05) is 93.3 Å². The number of piperidine rings is 1. The number of aromatic nitrogens is 3. The van der Waals surface area contributed by atoms with Crippen molar-refractivity contribution in [2.75, 3.05) is 19.6 Å². The number of aryl methyl sites for hydroxylation is 2. The summed E-state index contributed by atoms with van der Waals surface area (Å²) < 4.78 is 2.15. The standard InChI is InChI=1S/C41H59N7O4/c1-28(2)23-37(44-40(51)34(24-31-13-7-5-8-14-31)27-38(49)36(43)25-32-15-9-6-10-16-32)39(50)26-33(17-11-12-20-42)41(52)47-21-18-35(19-22-47)48-29(3)45-46-30(48)4/h5-10,13-16,28,33-37H,11-12,17-27,42-43H2,1-4H3,(H,44,51)/t33-,34-,36?,37+/m0/s1. The Morgan fingerprint density at radius 2 is 1.37 bits per heavy atom. The van der Waals surface area contributed by atoms with Crippen molar-refractivity contribution in [2.45, 2.75) is 110 Å². The molecule has 1 aromatic heterocycles. The molecule has 4 rings (SSSR count). The summed E-state index contributed by atoms with van der Waals surface area (Å²) in [7, 11) is 0. The predicted molar refractivity (Wildman–Crippen MR) is 203 cm³/mol. The third kappa shape index (κ3) is 11.9. The van der Waals surface area contributed by atoms with Gasteiger partial charge in [-0.15, -0.1) is 10.2 Å². The molecule has 2 aromatic carbocycles. The molecule has 3 aromatic rings. The van der Waals surface area contributed by atoms with Gasteiger partial charge >= 0.3 is 0 Å². The first-order valence-corrected chi connectivity index (χ1v) is 19.0. The van der Waals surface area contributed by atoms with Gasteiger partial charge in [0.05, 0.1) is 12.1 Å². The Hall–Kier alpha value is -4.22. The molecule has 1 fully saturated rings. The topological polar surface area (TPSA) is 166 Å². The minimum atomic E-state index is -0.783. The van der Waals surface area contributed by atoms with Crippen molar-refractivity contribution >= 4 is 23.4 Å². The summed E-state index contributed by atoms with van der Waals surface area (Å²) in [6, 6.07) is 17.9. The fourth-order valence-corrected chi connectivity index (χ4v) is 7.40. The Morgan fingerprint density at radius 1 is 0.808 bits per heavy atom. The van der Waals surface area contributed by atoms with Crippen LogP contribution in [0.25, 0.3) is 0 Å². The number of benzene rings is 2. The molecule has 1 unspecified atom stereocenters. The fraction of sp³-hybridized carbons (Fsp3) is 0.561. The normalized spacial score (nSPS) is 15.9. The van der Waals surface area contributed by atoms with Gasteiger partial charge in [-0.25, -0.2) is 0 Å². The van der Waals surface area contributed by atoms with Crippen molar-refractivity contribution in [3.63, 3.8) is 0 Å². The van der Waals surface area contributed by atoms with E-state index in [1.165, 1.54) is 0 Å². The summed E-state index contributed by atoms with van der Waals surface area (Å²) >= 11 is 0. The molecular formula is C41H59N7O4. The lowest BCUT2D eigenvalue weighted by Gasteiger charge is -2.35. The lowest BCUT2D eigenvalue weighted by Crippen LogP contribution is -2.48. The molecule has 0 spiro atoms. The molecule has 0 radical (unpaired) electrons. The van der Waals surface area contributed by atoms with Crippen molar-refractivity contribution in [2.24, 2.45) is 29.2 Å². The van der Waals surface area contributed by atoms with Crippen LogP contribution in [0.1, 0.15) is 94.0 Å². The minimum Gasteiger partial charge on any atom is -0.346 e. The number of hydrogen-bond acceptors (Lipinski definition) is 8. The quantitative estimate of drug-likeness (QED) is 0.142. The largest absolute Gasteiger partial charge is 0.346 e. The maximum absolute atomic E-state index is 14.1. The van der Waals surface area contributed by atoms with Crippen molar-refractivity contribution < 1.29 is 19.2 Å². The molecule has 52 heavy (non-hydrogen) atoms. The molecule has 5 N–H and O–H groups in total. The van der Waals surface area contributed by atoms with E-state index >= 15 is 0 Å². The van der Waals surface area contributed by atoms with E-state index in [4.69, 9.17) is 11.5 Å². The summed E-state index contributed by atoms with van der Waals surface area (Å²) in [6.07, 6.45) is 4.77. The third-order valence-corrected chi connectivity index (χ3v) is 10.2. The van der Waals surface area contributed by atoms with E-state index in [9.17, 15) is 19.2 Å². The summed E-state index contributed by atoms with van der Waals surface area (Å²) in [5.41, 5.74) is 14.0. The first-order chi connectivity index (χ1) is 25.0. The highest BCUT2D eigenvalue weighted by Gasteiger charge is 2.34. The molecule has 11 heteroatoms. The Labute approximate surface area is 309 Å². The number of unbranched alkanes of at least 4 members (excludes halogenated alkanes) is 1. The lowest BCUT2D eigenvalue weighted by atomic mass is 9.87. The number of ketones is 2. The van der Waals surface area contributed by atoms with Crippen LogP contribution < -0.4 is 16.8 Å². The number of nitrogens with one attached hydrogen (secondary N) is 1. The number of nitrogens with two attached hydrogens (primary N) is 2. The van der Waals surface area contributed by atoms with E-state index in [0.717, 1.165) is 48.5 Å². The average Bonchev–Trinajstić information content (AvgIpc) is 3.47. The van der Waals surface area contributed by atoms with E-state index in [2.05, 4.69) is 20.1 Å².